The number of hydrogen-bond acceptors (Lipinski definition) is 3. The quantitative estimate of drug-likeness (QED) is 0.437. The van der Waals surface area contributed by atoms with Crippen LogP contribution in [0.3, 0.4) is 0 Å². The van der Waals surface area contributed by atoms with E-state index >= 15 is 0 Å². The molecule has 0 unspecified atom stereocenters. The zero-order chi connectivity index (χ0) is 17.9. The van der Waals surface area contributed by atoms with Gasteiger partial charge in [-0.05, 0) is 49.2 Å². The van der Waals surface area contributed by atoms with Gasteiger partial charge in [-0.2, -0.15) is 0 Å². The van der Waals surface area contributed by atoms with Gasteiger partial charge in [0, 0.05) is 19.3 Å². The van der Waals surface area contributed by atoms with Crippen LogP contribution in [0.4, 0.5) is 8.78 Å². The highest BCUT2D eigenvalue weighted by atomic mass is 19.1. The van der Waals surface area contributed by atoms with E-state index in [0.717, 1.165) is 12.1 Å². The van der Waals surface area contributed by atoms with E-state index in [0.29, 0.717) is 49.9 Å². The van der Waals surface area contributed by atoms with Crippen LogP contribution in [0.5, 0.6) is 5.75 Å². The van der Waals surface area contributed by atoms with Gasteiger partial charge in [-0.3, -0.25) is 9.98 Å². The third kappa shape index (κ3) is 6.74. The highest BCUT2D eigenvalue weighted by Crippen LogP contribution is 2.10. The molecule has 0 bridgehead atoms. The molecule has 1 aromatic heterocycles. The number of aromatic nitrogens is 1. The van der Waals surface area contributed by atoms with Gasteiger partial charge >= 0.3 is 0 Å². The molecular weight excluding hydrogens is 326 g/mol. The zero-order valence-corrected chi connectivity index (χ0v) is 14.1. The van der Waals surface area contributed by atoms with E-state index < -0.39 is 11.6 Å². The van der Waals surface area contributed by atoms with Crippen LogP contribution in [-0.4, -0.2) is 37.2 Å². The summed E-state index contributed by atoms with van der Waals surface area (Å²) in [4.78, 5) is 8.33. The average Bonchev–Trinajstić information content (AvgIpc) is 2.62. The maximum atomic E-state index is 13.6. The van der Waals surface area contributed by atoms with E-state index in [1.54, 1.807) is 18.5 Å². The van der Waals surface area contributed by atoms with E-state index in [9.17, 15) is 8.78 Å². The number of aliphatic imine (C=N–C) groups is 1. The largest absolute Gasteiger partial charge is 0.490 e. The van der Waals surface area contributed by atoms with Crippen molar-refractivity contribution in [1.82, 2.24) is 15.6 Å². The first-order chi connectivity index (χ1) is 12.2. The molecule has 2 N–H and O–H groups in total. The Morgan fingerprint density at radius 1 is 1.24 bits per heavy atom. The number of rotatable bonds is 8. The minimum Gasteiger partial charge on any atom is -0.490 e. The highest BCUT2D eigenvalue weighted by Gasteiger charge is 2.04. The Morgan fingerprint density at radius 2 is 2.12 bits per heavy atom. The summed E-state index contributed by atoms with van der Waals surface area (Å²) in [5.74, 6) is 0.444. The molecule has 1 heterocycles. The molecule has 2 rings (SSSR count). The van der Waals surface area contributed by atoms with E-state index in [4.69, 9.17) is 4.74 Å². The standard InChI is InChI=1S/C18H22F2N4O/c1-2-22-18(24-10-11-25-16-4-3-8-21-13-16)23-9-7-14-12-15(19)5-6-17(14)20/h3-6,8,12-13H,2,7,9-11H2,1H3,(H2,22,23,24). The van der Waals surface area contributed by atoms with Crippen LogP contribution in [0, 0.1) is 11.6 Å². The summed E-state index contributed by atoms with van der Waals surface area (Å²) in [7, 11) is 0. The molecule has 0 atom stereocenters. The number of nitrogens with one attached hydrogen (secondary N) is 2. The van der Waals surface area contributed by atoms with Crippen molar-refractivity contribution in [1.29, 1.82) is 0 Å². The number of guanidine groups is 1. The Hall–Kier alpha value is -2.70. The summed E-state index contributed by atoms with van der Waals surface area (Å²) in [5.41, 5.74) is 0.319. The number of ether oxygens (including phenoxy) is 1. The molecule has 0 spiro atoms. The lowest BCUT2D eigenvalue weighted by atomic mass is 10.1. The monoisotopic (exact) mass is 348 g/mol. The fourth-order valence-corrected chi connectivity index (χ4v) is 2.14. The molecule has 0 radical (unpaired) electrons. The zero-order valence-electron chi connectivity index (χ0n) is 14.1. The summed E-state index contributed by atoms with van der Waals surface area (Å²) in [6.45, 7) is 4.00. The molecule has 0 aliphatic rings. The minimum atomic E-state index is -0.446. The normalized spacial score (nSPS) is 11.2. The van der Waals surface area contributed by atoms with Crippen molar-refractivity contribution in [3.63, 3.8) is 0 Å². The summed E-state index contributed by atoms with van der Waals surface area (Å²) in [6, 6.07) is 7.08. The number of benzene rings is 1. The SMILES string of the molecule is CCNC(=NCCc1cc(F)ccc1F)NCCOc1cccnc1. The molecule has 25 heavy (non-hydrogen) atoms. The Bertz CT molecular complexity index is 680. The highest BCUT2D eigenvalue weighted by molar-refractivity contribution is 5.79. The number of nitrogens with zero attached hydrogens (tertiary/aromatic N) is 2. The van der Waals surface area contributed by atoms with Crippen LogP contribution in [0.1, 0.15) is 12.5 Å². The molecule has 0 saturated carbocycles. The molecule has 1 aromatic carbocycles. The Kier molecular flexibility index (Phi) is 7.62. The smallest absolute Gasteiger partial charge is 0.191 e. The van der Waals surface area contributed by atoms with Crippen LogP contribution < -0.4 is 15.4 Å². The molecule has 2 aromatic rings. The van der Waals surface area contributed by atoms with Crippen molar-refractivity contribution in [2.24, 2.45) is 4.99 Å². The molecule has 7 heteroatoms. The summed E-state index contributed by atoms with van der Waals surface area (Å²) >= 11 is 0. The molecule has 0 aliphatic heterocycles. The van der Waals surface area contributed by atoms with Gasteiger partial charge < -0.3 is 15.4 Å². The summed E-state index contributed by atoms with van der Waals surface area (Å²) in [6.07, 6.45) is 3.65. The van der Waals surface area contributed by atoms with Crippen LogP contribution in [0.2, 0.25) is 0 Å². The fraction of sp³-hybridized carbons (Fsp3) is 0.333. The lowest BCUT2D eigenvalue weighted by molar-refractivity contribution is 0.320. The van der Waals surface area contributed by atoms with Gasteiger partial charge in [0.15, 0.2) is 5.96 Å². The van der Waals surface area contributed by atoms with Crippen LogP contribution in [0.15, 0.2) is 47.7 Å². The number of pyridine rings is 1. The molecule has 5 nitrogen and oxygen atoms in total. The van der Waals surface area contributed by atoms with Crippen LogP contribution >= 0.6 is 0 Å². The first kappa shape index (κ1) is 18.6. The maximum absolute atomic E-state index is 13.6. The Labute approximate surface area is 146 Å². The predicted molar refractivity (Wildman–Crippen MR) is 93.8 cm³/mol. The molecular formula is C18H22F2N4O. The van der Waals surface area contributed by atoms with Gasteiger partial charge in [0.25, 0.3) is 0 Å². The predicted octanol–water partition coefficient (Wildman–Crippen LogP) is 2.54. The van der Waals surface area contributed by atoms with Crippen molar-refractivity contribution in [2.75, 3.05) is 26.2 Å². The van der Waals surface area contributed by atoms with Crippen molar-refractivity contribution in [3.05, 3.63) is 59.9 Å². The summed E-state index contributed by atoms with van der Waals surface area (Å²) < 4.78 is 32.3. The van der Waals surface area contributed by atoms with Crippen molar-refractivity contribution in [3.8, 4) is 5.75 Å². The van der Waals surface area contributed by atoms with E-state index in [-0.39, 0.29) is 0 Å². The second-order valence-electron chi connectivity index (χ2n) is 5.21. The first-order valence-electron chi connectivity index (χ1n) is 8.18. The second-order valence-corrected chi connectivity index (χ2v) is 5.21. The first-order valence-corrected chi connectivity index (χ1v) is 8.18. The molecule has 0 aliphatic carbocycles. The van der Waals surface area contributed by atoms with Gasteiger partial charge in [-0.1, -0.05) is 0 Å². The third-order valence-electron chi connectivity index (χ3n) is 3.30. The van der Waals surface area contributed by atoms with E-state index in [2.05, 4.69) is 20.6 Å². The second kappa shape index (κ2) is 10.2. The van der Waals surface area contributed by atoms with E-state index in [1.807, 2.05) is 13.0 Å². The molecule has 134 valence electrons. The van der Waals surface area contributed by atoms with Crippen molar-refractivity contribution < 1.29 is 13.5 Å². The molecule has 0 fully saturated rings. The number of halogens is 2. The lowest BCUT2D eigenvalue weighted by Gasteiger charge is -2.12. The van der Waals surface area contributed by atoms with Gasteiger partial charge in [0.2, 0.25) is 0 Å². The van der Waals surface area contributed by atoms with Crippen molar-refractivity contribution in [2.45, 2.75) is 13.3 Å². The lowest BCUT2D eigenvalue weighted by Crippen LogP contribution is -2.39. The van der Waals surface area contributed by atoms with E-state index in [1.165, 1.54) is 6.07 Å². The van der Waals surface area contributed by atoms with Gasteiger partial charge in [0.05, 0.1) is 12.7 Å². The van der Waals surface area contributed by atoms with Crippen LogP contribution in [0.25, 0.3) is 0 Å². The van der Waals surface area contributed by atoms with Crippen LogP contribution in [-0.2, 0) is 6.42 Å². The average molecular weight is 348 g/mol. The summed E-state index contributed by atoms with van der Waals surface area (Å²) in [5, 5.41) is 6.23. The maximum Gasteiger partial charge on any atom is 0.191 e. The molecule has 0 amide bonds. The van der Waals surface area contributed by atoms with Crippen molar-refractivity contribution >= 4 is 5.96 Å². The minimum absolute atomic E-state index is 0.319. The number of hydrogen-bond donors (Lipinski definition) is 2. The Morgan fingerprint density at radius 3 is 2.88 bits per heavy atom. The van der Waals surface area contributed by atoms with Gasteiger partial charge in [-0.15, -0.1) is 0 Å². The van der Waals surface area contributed by atoms with Gasteiger partial charge in [0.1, 0.15) is 24.0 Å². The third-order valence-corrected chi connectivity index (χ3v) is 3.30. The topological polar surface area (TPSA) is 58.5 Å². The van der Waals surface area contributed by atoms with Gasteiger partial charge in [-0.25, -0.2) is 8.78 Å². The fourth-order valence-electron chi connectivity index (χ4n) is 2.14. The molecule has 0 saturated heterocycles. The Balaban J connectivity index is 1.78.